The SMILES string of the molecule is Cc1noc(C)c1CCC(=O)NCc1ccc(OC(F)F)cc1. The van der Waals surface area contributed by atoms with Gasteiger partial charge in [0, 0.05) is 18.5 Å². The minimum Gasteiger partial charge on any atom is -0.435 e. The molecule has 0 aliphatic carbocycles. The molecule has 0 radical (unpaired) electrons. The standard InChI is InChI=1S/C16H18F2N2O3/c1-10-14(11(2)23-20-10)7-8-15(21)19-9-12-3-5-13(6-4-12)22-16(17)18/h3-6,16H,7-9H2,1-2H3,(H,19,21). The number of rotatable bonds is 7. The van der Waals surface area contributed by atoms with Gasteiger partial charge < -0.3 is 14.6 Å². The lowest BCUT2D eigenvalue weighted by Gasteiger charge is -2.07. The third-order valence-corrected chi connectivity index (χ3v) is 3.42. The van der Waals surface area contributed by atoms with Crippen LogP contribution in [-0.2, 0) is 17.8 Å². The highest BCUT2D eigenvalue weighted by molar-refractivity contribution is 5.76. The smallest absolute Gasteiger partial charge is 0.387 e. The van der Waals surface area contributed by atoms with Crippen molar-refractivity contribution in [1.82, 2.24) is 10.5 Å². The van der Waals surface area contributed by atoms with Crippen molar-refractivity contribution < 1.29 is 22.8 Å². The topological polar surface area (TPSA) is 64.4 Å². The maximum absolute atomic E-state index is 12.0. The fourth-order valence-electron chi connectivity index (χ4n) is 2.18. The molecule has 7 heteroatoms. The summed E-state index contributed by atoms with van der Waals surface area (Å²) >= 11 is 0. The first-order valence-electron chi connectivity index (χ1n) is 7.18. The van der Waals surface area contributed by atoms with Gasteiger partial charge >= 0.3 is 6.61 Å². The number of benzene rings is 1. The van der Waals surface area contributed by atoms with E-state index in [1.54, 1.807) is 12.1 Å². The summed E-state index contributed by atoms with van der Waals surface area (Å²) in [6.07, 6.45) is 0.892. The average Bonchev–Trinajstić information content (AvgIpc) is 2.83. The first-order chi connectivity index (χ1) is 11.0. The van der Waals surface area contributed by atoms with E-state index in [1.807, 2.05) is 13.8 Å². The molecule has 1 N–H and O–H groups in total. The van der Waals surface area contributed by atoms with Gasteiger partial charge in [-0.05, 0) is 38.0 Å². The lowest BCUT2D eigenvalue weighted by atomic mass is 10.1. The second-order valence-electron chi connectivity index (χ2n) is 5.10. The minimum absolute atomic E-state index is 0.0912. The molecular weight excluding hydrogens is 306 g/mol. The number of nitrogens with zero attached hydrogens (tertiary/aromatic N) is 1. The summed E-state index contributed by atoms with van der Waals surface area (Å²) in [5.41, 5.74) is 2.55. The number of aryl methyl sites for hydroxylation is 2. The monoisotopic (exact) mass is 324 g/mol. The van der Waals surface area contributed by atoms with Gasteiger partial charge in [-0.1, -0.05) is 17.3 Å². The second kappa shape index (κ2) is 7.71. The number of ether oxygens (including phenoxy) is 1. The van der Waals surface area contributed by atoms with Crippen molar-refractivity contribution in [1.29, 1.82) is 0 Å². The summed E-state index contributed by atoms with van der Waals surface area (Å²) in [7, 11) is 0. The first-order valence-corrected chi connectivity index (χ1v) is 7.18. The minimum atomic E-state index is -2.84. The molecular formula is C16H18F2N2O3. The number of hydrogen-bond acceptors (Lipinski definition) is 4. The van der Waals surface area contributed by atoms with Gasteiger partial charge in [-0.2, -0.15) is 8.78 Å². The largest absolute Gasteiger partial charge is 0.435 e. The van der Waals surface area contributed by atoms with Crippen LogP contribution in [0.25, 0.3) is 0 Å². The Labute approximate surface area is 132 Å². The molecule has 1 heterocycles. The molecule has 2 aromatic rings. The summed E-state index contributed by atoms with van der Waals surface area (Å²) in [5, 5.41) is 6.63. The van der Waals surface area contributed by atoms with Crippen molar-refractivity contribution in [3.8, 4) is 5.75 Å². The van der Waals surface area contributed by atoms with E-state index in [0.717, 1.165) is 22.6 Å². The summed E-state index contributed by atoms with van der Waals surface area (Å²) in [4.78, 5) is 11.9. The molecule has 5 nitrogen and oxygen atoms in total. The third-order valence-electron chi connectivity index (χ3n) is 3.42. The first kappa shape index (κ1) is 16.9. The Morgan fingerprint density at radius 3 is 2.57 bits per heavy atom. The van der Waals surface area contributed by atoms with E-state index in [9.17, 15) is 13.6 Å². The van der Waals surface area contributed by atoms with E-state index in [-0.39, 0.29) is 11.7 Å². The fraction of sp³-hybridized carbons (Fsp3) is 0.375. The number of hydrogen-bond donors (Lipinski definition) is 1. The van der Waals surface area contributed by atoms with Crippen molar-refractivity contribution >= 4 is 5.91 Å². The van der Waals surface area contributed by atoms with E-state index in [1.165, 1.54) is 12.1 Å². The number of carbonyl (C=O) groups excluding carboxylic acids is 1. The van der Waals surface area contributed by atoms with Gasteiger partial charge in [0.1, 0.15) is 11.5 Å². The van der Waals surface area contributed by atoms with Crippen molar-refractivity contribution in [3.05, 3.63) is 46.8 Å². The molecule has 1 aromatic heterocycles. The van der Waals surface area contributed by atoms with E-state index in [2.05, 4.69) is 15.2 Å². The fourth-order valence-corrected chi connectivity index (χ4v) is 2.18. The molecule has 23 heavy (non-hydrogen) atoms. The van der Waals surface area contributed by atoms with Crippen molar-refractivity contribution in [2.24, 2.45) is 0 Å². The highest BCUT2D eigenvalue weighted by Crippen LogP contribution is 2.16. The molecule has 0 bridgehead atoms. The molecule has 2 rings (SSSR count). The summed E-state index contributed by atoms with van der Waals surface area (Å²) in [5.74, 6) is 0.719. The van der Waals surface area contributed by atoms with Crippen LogP contribution in [0.3, 0.4) is 0 Å². The van der Waals surface area contributed by atoms with Crippen LogP contribution >= 0.6 is 0 Å². The van der Waals surface area contributed by atoms with E-state index in [4.69, 9.17) is 4.52 Å². The number of halogens is 2. The Bertz CT molecular complexity index is 634. The van der Waals surface area contributed by atoms with Gasteiger partial charge in [-0.3, -0.25) is 4.79 Å². The Morgan fingerprint density at radius 1 is 1.30 bits per heavy atom. The predicted octanol–water partition coefficient (Wildman–Crippen LogP) is 3.14. The van der Waals surface area contributed by atoms with Crippen LogP contribution in [0.4, 0.5) is 8.78 Å². The number of nitrogens with one attached hydrogen (secondary N) is 1. The van der Waals surface area contributed by atoms with E-state index < -0.39 is 6.61 Å². The van der Waals surface area contributed by atoms with Gasteiger partial charge in [0.05, 0.1) is 5.69 Å². The molecule has 1 amide bonds. The summed E-state index contributed by atoms with van der Waals surface area (Å²) in [6.45, 7) is 1.14. The summed E-state index contributed by atoms with van der Waals surface area (Å²) in [6, 6.07) is 6.15. The Morgan fingerprint density at radius 2 is 2.00 bits per heavy atom. The van der Waals surface area contributed by atoms with E-state index in [0.29, 0.717) is 19.4 Å². The lowest BCUT2D eigenvalue weighted by molar-refractivity contribution is -0.121. The Hall–Kier alpha value is -2.44. The highest BCUT2D eigenvalue weighted by Gasteiger charge is 2.11. The quantitative estimate of drug-likeness (QED) is 0.850. The van der Waals surface area contributed by atoms with Crippen LogP contribution in [0.1, 0.15) is 29.0 Å². The van der Waals surface area contributed by atoms with Crippen LogP contribution < -0.4 is 10.1 Å². The van der Waals surface area contributed by atoms with Gasteiger partial charge in [0.15, 0.2) is 0 Å². The second-order valence-corrected chi connectivity index (χ2v) is 5.10. The zero-order valence-electron chi connectivity index (χ0n) is 12.9. The van der Waals surface area contributed by atoms with E-state index >= 15 is 0 Å². The van der Waals surface area contributed by atoms with Crippen molar-refractivity contribution in [2.75, 3.05) is 0 Å². The third kappa shape index (κ3) is 5.05. The normalized spacial score (nSPS) is 10.8. The zero-order chi connectivity index (χ0) is 16.8. The number of amides is 1. The Balaban J connectivity index is 1.78. The maximum atomic E-state index is 12.0. The average molecular weight is 324 g/mol. The molecule has 124 valence electrons. The summed E-state index contributed by atoms with van der Waals surface area (Å²) < 4.78 is 33.4. The lowest BCUT2D eigenvalue weighted by Crippen LogP contribution is -2.23. The molecule has 0 atom stereocenters. The molecule has 0 saturated carbocycles. The molecule has 0 spiro atoms. The van der Waals surface area contributed by atoms with Crippen molar-refractivity contribution in [2.45, 2.75) is 39.8 Å². The Kier molecular flexibility index (Phi) is 5.67. The van der Waals surface area contributed by atoms with Gasteiger partial charge in [-0.15, -0.1) is 0 Å². The molecule has 1 aromatic carbocycles. The zero-order valence-corrected chi connectivity index (χ0v) is 12.9. The van der Waals surface area contributed by atoms with Gasteiger partial charge in [0.2, 0.25) is 5.91 Å². The van der Waals surface area contributed by atoms with Crippen LogP contribution in [0, 0.1) is 13.8 Å². The highest BCUT2D eigenvalue weighted by atomic mass is 19.3. The van der Waals surface area contributed by atoms with Crippen LogP contribution in [-0.4, -0.2) is 17.7 Å². The molecule has 0 saturated heterocycles. The predicted molar refractivity (Wildman–Crippen MR) is 79.2 cm³/mol. The molecule has 0 unspecified atom stereocenters. The number of alkyl halides is 2. The van der Waals surface area contributed by atoms with Crippen molar-refractivity contribution in [3.63, 3.8) is 0 Å². The van der Waals surface area contributed by atoms with Crippen LogP contribution in [0.15, 0.2) is 28.8 Å². The number of carbonyl (C=O) groups is 1. The maximum Gasteiger partial charge on any atom is 0.387 e. The number of aromatic nitrogens is 1. The van der Waals surface area contributed by atoms with Crippen LogP contribution in [0.5, 0.6) is 5.75 Å². The van der Waals surface area contributed by atoms with Gasteiger partial charge in [-0.25, -0.2) is 0 Å². The molecule has 0 fully saturated rings. The van der Waals surface area contributed by atoms with Gasteiger partial charge in [0.25, 0.3) is 0 Å². The molecule has 0 aliphatic heterocycles. The molecule has 0 aliphatic rings. The van der Waals surface area contributed by atoms with Crippen LogP contribution in [0.2, 0.25) is 0 Å².